The Balaban J connectivity index is 1.74. The molecule has 3 aromatic rings. The highest BCUT2D eigenvalue weighted by Gasteiger charge is 2.11. The average Bonchev–Trinajstić information content (AvgIpc) is 2.98. The van der Waals surface area contributed by atoms with Gasteiger partial charge in [-0.15, -0.1) is 5.10 Å². The molecule has 2 heterocycles. The van der Waals surface area contributed by atoms with Gasteiger partial charge in [0.05, 0.1) is 5.69 Å². The predicted octanol–water partition coefficient (Wildman–Crippen LogP) is 3.71. The molecule has 0 spiro atoms. The number of carbonyl (C=O) groups is 1. The number of aromatic nitrogens is 3. The summed E-state index contributed by atoms with van der Waals surface area (Å²) in [6.45, 7) is 3.98. The van der Waals surface area contributed by atoms with Gasteiger partial charge in [0.15, 0.2) is 0 Å². The number of carbonyl (C=O) groups excluding carboxylic acids is 1. The van der Waals surface area contributed by atoms with Crippen LogP contribution in [0.5, 0.6) is 0 Å². The van der Waals surface area contributed by atoms with Crippen LogP contribution in [0.2, 0.25) is 5.02 Å². The highest BCUT2D eigenvalue weighted by molar-refractivity contribution is 7.17. The van der Waals surface area contributed by atoms with E-state index in [0.29, 0.717) is 11.0 Å². The van der Waals surface area contributed by atoms with Crippen LogP contribution in [0.15, 0.2) is 30.3 Å². The Morgan fingerprint density at radius 3 is 2.86 bits per heavy atom. The molecule has 0 atom stereocenters. The van der Waals surface area contributed by atoms with E-state index in [2.05, 4.69) is 15.4 Å². The lowest BCUT2D eigenvalue weighted by Gasteiger charge is -1.97. The molecular weight excluding hydrogens is 320 g/mol. The number of halogens is 1. The molecule has 1 amide bonds. The summed E-state index contributed by atoms with van der Waals surface area (Å²) in [7, 11) is 0. The van der Waals surface area contributed by atoms with Crippen molar-refractivity contribution in [3.05, 3.63) is 51.5 Å². The maximum absolute atomic E-state index is 11.9. The van der Waals surface area contributed by atoms with E-state index in [9.17, 15) is 4.79 Å². The van der Waals surface area contributed by atoms with Crippen molar-refractivity contribution in [1.29, 1.82) is 0 Å². The van der Waals surface area contributed by atoms with Crippen molar-refractivity contribution < 1.29 is 4.79 Å². The number of hydrogen-bond acceptors (Lipinski definition) is 4. The molecule has 0 unspecified atom stereocenters. The van der Waals surface area contributed by atoms with Gasteiger partial charge in [-0.3, -0.25) is 10.1 Å². The second-order valence-electron chi connectivity index (χ2n) is 4.72. The van der Waals surface area contributed by atoms with Gasteiger partial charge in [-0.1, -0.05) is 41.1 Å². The van der Waals surface area contributed by atoms with Crippen LogP contribution >= 0.6 is 22.9 Å². The molecule has 7 heteroatoms. The summed E-state index contributed by atoms with van der Waals surface area (Å²) in [4.78, 5) is 18.1. The molecule has 0 fully saturated rings. The van der Waals surface area contributed by atoms with E-state index in [1.807, 2.05) is 32.0 Å². The van der Waals surface area contributed by atoms with Crippen molar-refractivity contribution in [3.63, 3.8) is 0 Å². The quantitative estimate of drug-likeness (QED) is 0.744. The van der Waals surface area contributed by atoms with Crippen LogP contribution in [-0.2, 0) is 4.79 Å². The number of hydrogen-bond donors (Lipinski definition) is 1. The molecule has 0 saturated heterocycles. The maximum atomic E-state index is 11.9. The fourth-order valence-electron chi connectivity index (χ4n) is 1.92. The monoisotopic (exact) mass is 332 g/mol. The molecule has 5 nitrogen and oxygen atoms in total. The molecule has 0 aliphatic carbocycles. The summed E-state index contributed by atoms with van der Waals surface area (Å²) >= 11 is 7.57. The first-order valence-electron chi connectivity index (χ1n) is 6.61. The van der Waals surface area contributed by atoms with Crippen molar-refractivity contribution in [2.75, 3.05) is 5.32 Å². The van der Waals surface area contributed by atoms with E-state index >= 15 is 0 Å². The number of rotatable bonds is 3. The smallest absolute Gasteiger partial charge is 0.250 e. The third kappa shape index (κ3) is 2.88. The van der Waals surface area contributed by atoms with Gasteiger partial charge in [0.25, 0.3) is 11.9 Å². The van der Waals surface area contributed by atoms with Crippen LogP contribution in [0.3, 0.4) is 0 Å². The van der Waals surface area contributed by atoms with Crippen LogP contribution in [0.1, 0.15) is 16.1 Å². The summed E-state index contributed by atoms with van der Waals surface area (Å²) in [6.07, 6.45) is 3.07. The Labute approximate surface area is 136 Å². The first kappa shape index (κ1) is 14.7. The number of thiazole rings is 1. The van der Waals surface area contributed by atoms with Gasteiger partial charge < -0.3 is 0 Å². The Morgan fingerprint density at radius 2 is 2.14 bits per heavy atom. The zero-order valence-corrected chi connectivity index (χ0v) is 13.6. The number of anilines is 1. The number of benzene rings is 1. The van der Waals surface area contributed by atoms with E-state index in [4.69, 9.17) is 11.6 Å². The van der Waals surface area contributed by atoms with Gasteiger partial charge in [0.1, 0.15) is 0 Å². The fraction of sp³-hybridized carbons (Fsp3) is 0.133. The molecule has 2 aromatic heterocycles. The minimum absolute atomic E-state index is 0.295. The molecule has 0 bridgehead atoms. The number of amides is 1. The molecule has 3 rings (SSSR count). The number of nitrogens with zero attached hydrogens (tertiary/aromatic N) is 3. The van der Waals surface area contributed by atoms with Crippen LogP contribution in [0.4, 0.5) is 5.95 Å². The van der Waals surface area contributed by atoms with Crippen molar-refractivity contribution in [2.45, 2.75) is 13.8 Å². The standard InChI is InChI=1S/C15H13ClN4OS/c1-9-10(2)22-15-18-14(19-20(9)15)17-13(21)8-7-11-5-3-4-6-12(11)16/h3-8H,1-2H3,(H,17,19,21)/b8-7+. The highest BCUT2D eigenvalue weighted by Crippen LogP contribution is 2.21. The van der Waals surface area contributed by atoms with Crippen LogP contribution in [0.25, 0.3) is 11.0 Å². The maximum Gasteiger partial charge on any atom is 0.250 e. The molecule has 0 aliphatic rings. The van der Waals surface area contributed by atoms with Crippen LogP contribution in [0, 0.1) is 13.8 Å². The summed E-state index contributed by atoms with van der Waals surface area (Å²) < 4.78 is 1.73. The second-order valence-corrected chi connectivity index (χ2v) is 6.31. The minimum Gasteiger partial charge on any atom is -0.290 e. The van der Waals surface area contributed by atoms with Crippen molar-refractivity contribution in [3.8, 4) is 0 Å². The minimum atomic E-state index is -0.299. The van der Waals surface area contributed by atoms with Crippen molar-refractivity contribution in [2.24, 2.45) is 0 Å². The summed E-state index contributed by atoms with van der Waals surface area (Å²) in [5, 5.41) is 7.51. The lowest BCUT2D eigenvalue weighted by atomic mass is 10.2. The van der Waals surface area contributed by atoms with Gasteiger partial charge in [-0.2, -0.15) is 4.98 Å². The highest BCUT2D eigenvalue weighted by atomic mass is 35.5. The Bertz CT molecular complexity index is 881. The third-order valence-electron chi connectivity index (χ3n) is 3.20. The first-order valence-corrected chi connectivity index (χ1v) is 7.80. The van der Waals surface area contributed by atoms with Gasteiger partial charge in [0.2, 0.25) is 4.96 Å². The lowest BCUT2D eigenvalue weighted by Crippen LogP contribution is -2.09. The zero-order chi connectivity index (χ0) is 15.7. The van der Waals surface area contributed by atoms with Crippen LogP contribution < -0.4 is 5.32 Å². The van der Waals surface area contributed by atoms with Crippen LogP contribution in [-0.4, -0.2) is 20.5 Å². The molecule has 0 saturated carbocycles. The lowest BCUT2D eigenvalue weighted by molar-refractivity contribution is -0.111. The second kappa shape index (κ2) is 5.90. The average molecular weight is 333 g/mol. The molecule has 1 aromatic carbocycles. The SMILES string of the molecule is Cc1sc2nc(NC(=O)/C=C/c3ccccc3Cl)nn2c1C. The normalized spacial score (nSPS) is 11.4. The fourth-order valence-corrected chi connectivity index (χ4v) is 3.03. The molecule has 22 heavy (non-hydrogen) atoms. The third-order valence-corrected chi connectivity index (χ3v) is 4.60. The molecule has 112 valence electrons. The van der Waals surface area contributed by atoms with Gasteiger partial charge in [-0.05, 0) is 31.6 Å². The van der Waals surface area contributed by atoms with Gasteiger partial charge >= 0.3 is 0 Å². The van der Waals surface area contributed by atoms with E-state index in [-0.39, 0.29) is 5.91 Å². The summed E-state index contributed by atoms with van der Waals surface area (Å²) in [5.74, 6) is -0.00398. The molecule has 0 aliphatic heterocycles. The predicted molar refractivity (Wildman–Crippen MR) is 89.5 cm³/mol. The molecular formula is C15H13ClN4OS. The zero-order valence-electron chi connectivity index (χ0n) is 12.0. The Kier molecular flexibility index (Phi) is 3.96. The number of aryl methyl sites for hydroxylation is 2. The Hall–Kier alpha value is -2.18. The van der Waals surface area contributed by atoms with E-state index in [1.165, 1.54) is 6.08 Å². The summed E-state index contributed by atoms with van der Waals surface area (Å²) in [6, 6.07) is 7.31. The Morgan fingerprint density at radius 1 is 1.36 bits per heavy atom. The topological polar surface area (TPSA) is 59.3 Å². The van der Waals surface area contributed by atoms with Crippen molar-refractivity contribution >= 4 is 45.8 Å². The molecule has 0 radical (unpaired) electrons. The van der Waals surface area contributed by atoms with Crippen molar-refractivity contribution in [1.82, 2.24) is 14.6 Å². The summed E-state index contributed by atoms with van der Waals surface area (Å²) in [5.41, 5.74) is 1.81. The molecule has 1 N–H and O–H groups in total. The van der Waals surface area contributed by atoms with E-state index in [0.717, 1.165) is 21.1 Å². The van der Waals surface area contributed by atoms with E-state index < -0.39 is 0 Å². The first-order chi connectivity index (χ1) is 10.5. The van der Waals surface area contributed by atoms with Gasteiger partial charge in [-0.25, -0.2) is 4.52 Å². The number of nitrogens with one attached hydrogen (secondary N) is 1. The number of fused-ring (bicyclic) bond motifs is 1. The van der Waals surface area contributed by atoms with Gasteiger partial charge in [0, 0.05) is 16.0 Å². The largest absolute Gasteiger partial charge is 0.290 e. The van der Waals surface area contributed by atoms with E-state index in [1.54, 1.807) is 28.0 Å².